The van der Waals surface area contributed by atoms with Crippen LogP contribution in [0.4, 0.5) is 18.0 Å². The molecule has 0 bridgehead atoms. The van der Waals surface area contributed by atoms with E-state index in [2.05, 4.69) is 10.1 Å². The normalized spacial score (nSPS) is 26.8. The van der Waals surface area contributed by atoms with Crippen LogP contribution in [0, 0.1) is 5.92 Å². The van der Waals surface area contributed by atoms with Crippen LogP contribution in [-0.2, 0) is 9.53 Å². The molecule has 6 nitrogen and oxygen atoms in total. The van der Waals surface area contributed by atoms with Crippen LogP contribution in [0.3, 0.4) is 0 Å². The molecule has 1 heterocycles. The van der Waals surface area contributed by atoms with Gasteiger partial charge >= 0.3 is 18.2 Å². The molecule has 3 N–H and O–H groups in total. The lowest BCUT2D eigenvalue weighted by Crippen LogP contribution is -2.75. The maximum Gasteiger partial charge on any atom is 0.437 e. The number of benzene rings is 1. The zero-order valence-corrected chi connectivity index (χ0v) is 13.2. The third-order valence-corrected chi connectivity index (χ3v) is 3.68. The van der Waals surface area contributed by atoms with Crippen molar-refractivity contribution in [3.8, 4) is 0 Å². The summed E-state index contributed by atoms with van der Waals surface area (Å²) in [5.41, 5.74) is -3.10. The van der Waals surface area contributed by atoms with Gasteiger partial charge in [-0.1, -0.05) is 42.5 Å². The summed E-state index contributed by atoms with van der Waals surface area (Å²) >= 11 is 0. The number of esters is 1. The third kappa shape index (κ3) is 3.93. The van der Waals surface area contributed by atoms with Crippen molar-refractivity contribution in [2.45, 2.75) is 24.9 Å². The fourth-order valence-electron chi connectivity index (χ4n) is 2.52. The number of hydrogen-bond acceptors (Lipinski definition) is 4. The molecule has 0 unspecified atom stereocenters. The van der Waals surface area contributed by atoms with Crippen LogP contribution in [0.5, 0.6) is 0 Å². The summed E-state index contributed by atoms with van der Waals surface area (Å²) in [5, 5.41) is 13.7. The molecule has 0 aromatic heterocycles. The molecule has 0 radical (unpaired) electrons. The Morgan fingerprint density at radius 1 is 1.36 bits per heavy atom. The second-order valence-corrected chi connectivity index (χ2v) is 5.39. The lowest BCUT2D eigenvalue weighted by molar-refractivity contribution is -0.292. The summed E-state index contributed by atoms with van der Waals surface area (Å²) in [7, 11) is 0. The average Bonchev–Trinajstić information content (AvgIpc) is 2.52. The molecule has 1 aromatic carbocycles. The molecule has 1 aliphatic rings. The van der Waals surface area contributed by atoms with Gasteiger partial charge in [-0.2, -0.15) is 13.2 Å². The summed E-state index contributed by atoms with van der Waals surface area (Å²) in [6, 6.07) is 5.91. The van der Waals surface area contributed by atoms with Gasteiger partial charge in [-0.15, -0.1) is 0 Å². The molecular weight excluding hydrogens is 341 g/mol. The Morgan fingerprint density at radius 2 is 2.00 bits per heavy atom. The molecule has 1 fully saturated rings. The van der Waals surface area contributed by atoms with Crippen LogP contribution in [0.1, 0.15) is 12.5 Å². The molecule has 136 valence electrons. The van der Waals surface area contributed by atoms with Crippen molar-refractivity contribution in [2.24, 2.45) is 5.92 Å². The number of carbonyl (C=O) groups is 2. The molecule has 0 aliphatic carbocycles. The smallest absolute Gasteiger partial charge is 0.437 e. The van der Waals surface area contributed by atoms with Gasteiger partial charge in [0.25, 0.3) is 5.72 Å². The number of urea groups is 1. The number of carbonyl (C=O) groups excluding carboxylic acids is 2. The Hall–Kier alpha value is -2.55. The number of aliphatic hydroxyl groups is 1. The van der Waals surface area contributed by atoms with E-state index < -0.39 is 35.9 Å². The number of amides is 2. The van der Waals surface area contributed by atoms with Gasteiger partial charge in [-0.05, 0) is 12.5 Å². The predicted octanol–water partition coefficient (Wildman–Crippen LogP) is 1.81. The monoisotopic (exact) mass is 358 g/mol. The van der Waals surface area contributed by atoms with Gasteiger partial charge in [0.1, 0.15) is 5.92 Å². The van der Waals surface area contributed by atoms with Crippen LogP contribution < -0.4 is 10.6 Å². The molecule has 9 heteroatoms. The van der Waals surface area contributed by atoms with Crippen molar-refractivity contribution in [1.82, 2.24) is 10.6 Å². The first-order valence-corrected chi connectivity index (χ1v) is 7.46. The van der Waals surface area contributed by atoms with Crippen molar-refractivity contribution >= 4 is 18.1 Å². The molecule has 0 saturated carbocycles. The highest BCUT2D eigenvalue weighted by Crippen LogP contribution is 2.38. The van der Waals surface area contributed by atoms with Gasteiger partial charge in [-0.3, -0.25) is 4.79 Å². The van der Waals surface area contributed by atoms with Crippen LogP contribution in [0.25, 0.3) is 6.08 Å². The summed E-state index contributed by atoms with van der Waals surface area (Å²) in [6.07, 6.45) is -2.62. The quantitative estimate of drug-likeness (QED) is 0.717. The maximum atomic E-state index is 13.4. The standard InChI is InChI=1S/C16H17F3N2O4/c1-2-25-13(22)12-11(9-8-10-6-4-3-5-7-10)20-14(23)21-15(12,24)16(17,18)19/h3-9,11-12,24H,2H2,1H3,(H2,20,21,23)/b9-8+/t11-,12+,15-/m0/s1. The molecular formula is C16H17F3N2O4. The first-order valence-electron chi connectivity index (χ1n) is 7.46. The van der Waals surface area contributed by atoms with Crippen LogP contribution in [0.2, 0.25) is 0 Å². The van der Waals surface area contributed by atoms with Crippen molar-refractivity contribution < 1.29 is 32.6 Å². The fourth-order valence-corrected chi connectivity index (χ4v) is 2.52. The van der Waals surface area contributed by atoms with Crippen molar-refractivity contribution in [2.75, 3.05) is 6.61 Å². The van der Waals surface area contributed by atoms with Gasteiger partial charge in [0, 0.05) is 0 Å². The Bertz CT molecular complexity index is 663. The number of alkyl halides is 3. The highest BCUT2D eigenvalue weighted by molar-refractivity contribution is 5.83. The van der Waals surface area contributed by atoms with Crippen LogP contribution in [0.15, 0.2) is 36.4 Å². The van der Waals surface area contributed by atoms with Gasteiger partial charge in [0.05, 0.1) is 12.6 Å². The first kappa shape index (κ1) is 18.8. The lowest BCUT2D eigenvalue weighted by Gasteiger charge is -2.43. The molecule has 2 rings (SSSR count). The minimum atomic E-state index is -5.28. The van der Waals surface area contributed by atoms with E-state index in [0.29, 0.717) is 5.56 Å². The Kier molecular flexibility index (Phi) is 5.36. The van der Waals surface area contributed by atoms with E-state index in [1.54, 1.807) is 30.3 Å². The number of rotatable bonds is 4. The molecule has 2 amide bonds. The second kappa shape index (κ2) is 7.14. The van der Waals surface area contributed by atoms with E-state index in [0.717, 1.165) is 0 Å². The van der Waals surface area contributed by atoms with Gasteiger partial charge in [-0.25, -0.2) is 4.79 Å². The van der Waals surface area contributed by atoms with Gasteiger partial charge in [0.2, 0.25) is 0 Å². The van der Waals surface area contributed by atoms with Crippen molar-refractivity contribution in [3.05, 3.63) is 42.0 Å². The number of ether oxygens (including phenoxy) is 1. The van der Waals surface area contributed by atoms with E-state index in [4.69, 9.17) is 0 Å². The summed E-state index contributed by atoms with van der Waals surface area (Å²) < 4.78 is 44.8. The van der Waals surface area contributed by atoms with E-state index in [9.17, 15) is 27.9 Å². The molecule has 1 saturated heterocycles. The molecule has 1 aromatic rings. The highest BCUT2D eigenvalue weighted by atomic mass is 19.4. The van der Waals surface area contributed by atoms with Crippen molar-refractivity contribution in [1.29, 1.82) is 0 Å². The zero-order chi connectivity index (χ0) is 18.7. The minimum Gasteiger partial charge on any atom is -0.466 e. The van der Waals surface area contributed by atoms with E-state index >= 15 is 0 Å². The van der Waals surface area contributed by atoms with E-state index in [1.807, 2.05) is 0 Å². The highest BCUT2D eigenvalue weighted by Gasteiger charge is 2.66. The van der Waals surface area contributed by atoms with E-state index in [-0.39, 0.29) is 6.61 Å². The fraction of sp³-hybridized carbons (Fsp3) is 0.375. The number of halogens is 3. The Morgan fingerprint density at radius 3 is 2.56 bits per heavy atom. The minimum absolute atomic E-state index is 0.174. The second-order valence-electron chi connectivity index (χ2n) is 5.39. The topological polar surface area (TPSA) is 87.7 Å². The molecule has 25 heavy (non-hydrogen) atoms. The Balaban J connectivity index is 2.41. The predicted molar refractivity (Wildman–Crippen MR) is 82.1 cm³/mol. The van der Waals surface area contributed by atoms with Gasteiger partial charge in [0.15, 0.2) is 0 Å². The van der Waals surface area contributed by atoms with Crippen LogP contribution in [-0.4, -0.2) is 41.7 Å². The number of hydrogen-bond donors (Lipinski definition) is 3. The summed E-state index contributed by atoms with van der Waals surface area (Å²) in [4.78, 5) is 23.7. The SMILES string of the molecule is CCOC(=O)[C@H]1[C@H](/C=C/c2ccccc2)NC(=O)N[C@@]1(O)C(F)(F)F. The van der Waals surface area contributed by atoms with E-state index in [1.165, 1.54) is 24.4 Å². The first-order chi connectivity index (χ1) is 11.7. The number of nitrogens with one attached hydrogen (secondary N) is 2. The zero-order valence-electron chi connectivity index (χ0n) is 13.2. The third-order valence-electron chi connectivity index (χ3n) is 3.68. The Labute approximate surface area is 141 Å². The van der Waals surface area contributed by atoms with Crippen molar-refractivity contribution in [3.63, 3.8) is 0 Å². The molecule has 1 aliphatic heterocycles. The summed E-state index contributed by atoms with van der Waals surface area (Å²) in [6.45, 7) is 1.25. The van der Waals surface area contributed by atoms with Gasteiger partial charge < -0.3 is 20.5 Å². The lowest BCUT2D eigenvalue weighted by atomic mass is 9.85. The van der Waals surface area contributed by atoms with Crippen LogP contribution >= 0.6 is 0 Å². The molecule has 0 spiro atoms. The maximum absolute atomic E-state index is 13.4. The average molecular weight is 358 g/mol. The largest absolute Gasteiger partial charge is 0.466 e. The molecule has 3 atom stereocenters. The summed E-state index contributed by atoms with van der Waals surface area (Å²) in [5.74, 6) is -3.39.